The van der Waals surface area contributed by atoms with E-state index in [-0.39, 0.29) is 5.91 Å². The average molecular weight is 433 g/mol. The fourth-order valence-corrected chi connectivity index (χ4v) is 4.20. The summed E-state index contributed by atoms with van der Waals surface area (Å²) in [6.45, 7) is 0.414. The van der Waals surface area contributed by atoms with Crippen molar-refractivity contribution in [3.63, 3.8) is 0 Å². The van der Waals surface area contributed by atoms with Gasteiger partial charge in [0.05, 0.1) is 0 Å². The number of halogens is 1. The summed E-state index contributed by atoms with van der Waals surface area (Å²) < 4.78 is 5.98. The van der Waals surface area contributed by atoms with Crippen LogP contribution in [0, 0.1) is 6.42 Å². The number of hydrogen-bond acceptors (Lipinski definition) is 2. The lowest BCUT2D eigenvalue weighted by Crippen LogP contribution is -2.26. The molecule has 0 N–H and O–H groups in total. The van der Waals surface area contributed by atoms with Crippen LogP contribution in [0.15, 0.2) is 72.8 Å². The molecule has 1 atom stereocenters. The topological polar surface area (TPSA) is 29.5 Å². The van der Waals surface area contributed by atoms with Gasteiger partial charge in [-0.3, -0.25) is 4.79 Å². The van der Waals surface area contributed by atoms with E-state index in [1.54, 1.807) is 24.1 Å². The van der Waals surface area contributed by atoms with E-state index >= 15 is 0 Å². The summed E-state index contributed by atoms with van der Waals surface area (Å²) in [6.07, 6.45) is 7.51. The first kappa shape index (κ1) is 21.5. The second-order valence-electron chi connectivity index (χ2n) is 8.03. The number of carbonyl (C=O) groups is 1. The fraction of sp³-hybridized carbons (Fsp3) is 0.259. The van der Waals surface area contributed by atoms with Gasteiger partial charge in [0.25, 0.3) is 5.91 Å². The van der Waals surface area contributed by atoms with Crippen molar-refractivity contribution in [2.24, 2.45) is 0 Å². The van der Waals surface area contributed by atoms with E-state index in [9.17, 15) is 4.79 Å². The number of anilines is 1. The molecular weight excluding hydrogens is 406 g/mol. The van der Waals surface area contributed by atoms with Crippen molar-refractivity contribution in [3.8, 4) is 5.75 Å². The number of carbonyl (C=O) groups excluding carboxylic acids is 1. The molecule has 159 valence electrons. The van der Waals surface area contributed by atoms with Crippen molar-refractivity contribution < 1.29 is 9.53 Å². The molecule has 1 fully saturated rings. The van der Waals surface area contributed by atoms with Crippen molar-refractivity contribution >= 4 is 23.2 Å². The zero-order valence-electron chi connectivity index (χ0n) is 17.8. The molecule has 1 amide bonds. The van der Waals surface area contributed by atoms with Gasteiger partial charge < -0.3 is 9.64 Å². The molecule has 1 aliphatic carbocycles. The van der Waals surface area contributed by atoms with Crippen LogP contribution in [0.3, 0.4) is 0 Å². The SMILES string of the molecule is CN(C(=O)c1cccc(COc2ccc(C3[CH]CCCC3)cc2)c1)c1cccc(Cl)c1. The van der Waals surface area contributed by atoms with Gasteiger partial charge in [-0.2, -0.15) is 0 Å². The van der Waals surface area contributed by atoms with Gasteiger partial charge in [-0.1, -0.05) is 54.8 Å². The third kappa shape index (κ3) is 5.48. The van der Waals surface area contributed by atoms with Gasteiger partial charge in [0.2, 0.25) is 0 Å². The van der Waals surface area contributed by atoms with E-state index < -0.39 is 0 Å². The van der Waals surface area contributed by atoms with Gasteiger partial charge in [0.1, 0.15) is 12.4 Å². The lowest BCUT2D eigenvalue weighted by molar-refractivity contribution is 0.0993. The Bertz CT molecular complexity index is 1030. The molecule has 3 aromatic carbocycles. The Labute approximate surface area is 189 Å². The molecule has 0 aromatic heterocycles. The Morgan fingerprint density at radius 3 is 2.58 bits per heavy atom. The van der Waals surface area contributed by atoms with Gasteiger partial charge in [-0.25, -0.2) is 0 Å². The third-order valence-corrected chi connectivity index (χ3v) is 6.04. The maximum Gasteiger partial charge on any atom is 0.258 e. The Hall–Kier alpha value is -2.78. The molecule has 31 heavy (non-hydrogen) atoms. The summed E-state index contributed by atoms with van der Waals surface area (Å²) in [7, 11) is 1.75. The first-order valence-electron chi connectivity index (χ1n) is 10.8. The average Bonchev–Trinajstić information content (AvgIpc) is 2.83. The minimum Gasteiger partial charge on any atom is -0.489 e. The van der Waals surface area contributed by atoms with Crippen molar-refractivity contribution in [3.05, 3.63) is 101 Å². The molecular formula is C27H27ClNO2. The summed E-state index contributed by atoms with van der Waals surface area (Å²) in [6, 6.07) is 23.3. The summed E-state index contributed by atoms with van der Waals surface area (Å²) in [5.74, 6) is 1.33. The minimum absolute atomic E-state index is 0.0859. The van der Waals surface area contributed by atoms with Crippen LogP contribution in [0.4, 0.5) is 5.69 Å². The van der Waals surface area contributed by atoms with E-state index in [0.29, 0.717) is 23.1 Å². The molecule has 1 unspecified atom stereocenters. The lowest BCUT2D eigenvalue weighted by Gasteiger charge is -2.21. The Balaban J connectivity index is 1.38. The minimum atomic E-state index is -0.0859. The van der Waals surface area contributed by atoms with Crippen molar-refractivity contribution in [1.82, 2.24) is 0 Å². The summed E-state index contributed by atoms with van der Waals surface area (Å²) >= 11 is 6.06. The highest BCUT2D eigenvalue weighted by molar-refractivity contribution is 6.31. The van der Waals surface area contributed by atoms with E-state index in [2.05, 4.69) is 18.6 Å². The van der Waals surface area contributed by atoms with Crippen LogP contribution in [-0.4, -0.2) is 13.0 Å². The summed E-state index contributed by atoms with van der Waals surface area (Å²) in [4.78, 5) is 14.5. The second kappa shape index (κ2) is 10.0. The van der Waals surface area contributed by atoms with Crippen molar-refractivity contribution in [2.45, 2.75) is 38.2 Å². The third-order valence-electron chi connectivity index (χ3n) is 5.81. The van der Waals surface area contributed by atoms with Crippen molar-refractivity contribution in [2.75, 3.05) is 11.9 Å². The van der Waals surface area contributed by atoms with Gasteiger partial charge in [0.15, 0.2) is 0 Å². The molecule has 3 aromatic rings. The zero-order valence-corrected chi connectivity index (χ0v) is 18.5. The van der Waals surface area contributed by atoms with Crippen LogP contribution in [0.2, 0.25) is 5.02 Å². The number of benzene rings is 3. The van der Waals surface area contributed by atoms with Crippen LogP contribution >= 0.6 is 11.6 Å². The molecule has 1 aliphatic rings. The summed E-state index contributed by atoms with van der Waals surface area (Å²) in [5, 5.41) is 0.603. The van der Waals surface area contributed by atoms with Crippen LogP contribution < -0.4 is 9.64 Å². The fourth-order valence-electron chi connectivity index (χ4n) is 4.02. The number of amides is 1. The molecule has 0 bridgehead atoms. The summed E-state index contributed by atoms with van der Waals surface area (Å²) in [5.41, 5.74) is 3.69. The molecule has 0 saturated heterocycles. The van der Waals surface area contributed by atoms with Crippen LogP contribution in [0.5, 0.6) is 5.75 Å². The zero-order chi connectivity index (χ0) is 21.6. The molecule has 1 radical (unpaired) electrons. The second-order valence-corrected chi connectivity index (χ2v) is 8.47. The normalized spacial score (nSPS) is 14.3. The molecule has 0 spiro atoms. The van der Waals surface area contributed by atoms with Crippen LogP contribution in [0.25, 0.3) is 0 Å². The molecule has 4 rings (SSSR count). The predicted octanol–water partition coefficient (Wildman–Crippen LogP) is 7.06. The Morgan fingerprint density at radius 2 is 1.84 bits per heavy atom. The van der Waals surface area contributed by atoms with Gasteiger partial charge in [-0.15, -0.1) is 0 Å². The maximum absolute atomic E-state index is 12.9. The highest BCUT2D eigenvalue weighted by atomic mass is 35.5. The Kier molecular flexibility index (Phi) is 6.93. The van der Waals surface area contributed by atoms with Gasteiger partial charge >= 0.3 is 0 Å². The van der Waals surface area contributed by atoms with E-state index in [0.717, 1.165) is 17.0 Å². The molecule has 3 nitrogen and oxygen atoms in total. The number of nitrogens with zero attached hydrogens (tertiary/aromatic N) is 1. The van der Waals surface area contributed by atoms with Crippen LogP contribution in [-0.2, 0) is 6.61 Å². The number of ether oxygens (including phenoxy) is 1. The van der Waals surface area contributed by atoms with E-state index in [1.807, 2.05) is 48.5 Å². The molecule has 4 heteroatoms. The van der Waals surface area contributed by atoms with Gasteiger partial charge in [-0.05, 0) is 78.8 Å². The molecule has 0 aliphatic heterocycles. The smallest absolute Gasteiger partial charge is 0.258 e. The first-order chi connectivity index (χ1) is 15.1. The van der Waals surface area contributed by atoms with E-state index in [1.165, 1.54) is 31.2 Å². The predicted molar refractivity (Wildman–Crippen MR) is 127 cm³/mol. The number of rotatable bonds is 6. The monoisotopic (exact) mass is 432 g/mol. The number of hydrogen-bond donors (Lipinski definition) is 0. The van der Waals surface area contributed by atoms with E-state index in [4.69, 9.17) is 16.3 Å². The largest absolute Gasteiger partial charge is 0.489 e. The maximum atomic E-state index is 12.9. The van der Waals surface area contributed by atoms with Crippen LogP contribution in [0.1, 0.15) is 53.1 Å². The quantitative estimate of drug-likeness (QED) is 0.417. The standard InChI is InChI=1S/C27H27ClNO2/c1-29(25-12-6-11-24(28)18-25)27(30)23-10-5-7-20(17-23)19-31-26-15-13-22(14-16-26)21-8-3-2-4-9-21/h5-8,10-18,21H,2-4,9,19H2,1H3. The van der Waals surface area contributed by atoms with Gasteiger partial charge in [0, 0.05) is 23.3 Å². The highest BCUT2D eigenvalue weighted by Crippen LogP contribution is 2.32. The highest BCUT2D eigenvalue weighted by Gasteiger charge is 2.16. The Morgan fingerprint density at radius 1 is 1.03 bits per heavy atom. The first-order valence-corrected chi connectivity index (χ1v) is 11.2. The lowest BCUT2D eigenvalue weighted by atomic mass is 9.84. The molecule has 1 saturated carbocycles. The molecule has 0 heterocycles. The van der Waals surface area contributed by atoms with Crippen molar-refractivity contribution in [1.29, 1.82) is 0 Å².